The number of carbonyl (C=O) groups excluding carboxylic acids is 2. The van der Waals surface area contributed by atoms with Crippen LogP contribution in [0.1, 0.15) is 16.1 Å². The lowest BCUT2D eigenvalue weighted by Gasteiger charge is -2.10. The van der Waals surface area contributed by atoms with Crippen molar-refractivity contribution in [3.8, 4) is 11.8 Å². The van der Waals surface area contributed by atoms with Gasteiger partial charge in [0.1, 0.15) is 28.7 Å². The third kappa shape index (κ3) is 4.07. The van der Waals surface area contributed by atoms with E-state index in [-0.39, 0.29) is 22.8 Å². The molecule has 0 spiro atoms. The number of fused-ring (bicyclic) bond motifs is 1. The highest BCUT2D eigenvalue weighted by Gasteiger charge is 2.20. The van der Waals surface area contributed by atoms with Gasteiger partial charge in [-0.2, -0.15) is 14.0 Å². The summed E-state index contributed by atoms with van der Waals surface area (Å²) in [4.78, 5) is 24.2. The molecule has 0 radical (unpaired) electrons. The van der Waals surface area contributed by atoms with Gasteiger partial charge in [0.05, 0.1) is 0 Å². The number of esters is 1. The molecule has 28 heavy (non-hydrogen) atoms. The Morgan fingerprint density at radius 2 is 1.86 bits per heavy atom. The summed E-state index contributed by atoms with van der Waals surface area (Å²) in [5.41, 5.74) is 0.312. The van der Waals surface area contributed by atoms with Crippen LogP contribution in [0.5, 0.6) is 5.75 Å². The second-order valence-electron chi connectivity index (χ2n) is 5.41. The van der Waals surface area contributed by atoms with Crippen LogP contribution in [0, 0.1) is 11.3 Å². The molecule has 7 nitrogen and oxygen atoms in total. The Labute approximate surface area is 157 Å². The van der Waals surface area contributed by atoms with Gasteiger partial charge in [0.25, 0.3) is 5.91 Å². The molecule has 2 aromatic carbocycles. The Balaban J connectivity index is 1.69. The van der Waals surface area contributed by atoms with E-state index in [9.17, 15) is 18.4 Å². The number of anilines is 1. The molecular weight excluding hydrogens is 374 g/mol. The number of nitrogens with zero attached hydrogens (tertiary/aromatic N) is 1. The summed E-state index contributed by atoms with van der Waals surface area (Å²) in [6.07, 6.45) is 0. The van der Waals surface area contributed by atoms with E-state index in [4.69, 9.17) is 14.4 Å². The monoisotopic (exact) mass is 386 g/mol. The lowest BCUT2D eigenvalue weighted by atomic mass is 10.2. The second kappa shape index (κ2) is 8.18. The standard InChI is InChI=1S/C19H12F2N2O5/c20-19(21)28-14-8-4-2-6-12(14)18(25)26-10-16(24)23-17-11-5-1-3-7-13(11)27-15(17)9-22/h1-8,19H,10H2,(H,23,24). The van der Waals surface area contributed by atoms with Gasteiger partial charge >= 0.3 is 12.6 Å². The Kier molecular flexibility index (Phi) is 5.50. The zero-order valence-corrected chi connectivity index (χ0v) is 14.1. The van der Waals surface area contributed by atoms with Gasteiger partial charge < -0.3 is 19.2 Å². The first-order valence-electron chi connectivity index (χ1n) is 7.92. The molecule has 0 aliphatic rings. The molecule has 142 valence electrons. The lowest BCUT2D eigenvalue weighted by molar-refractivity contribution is -0.119. The molecule has 0 fully saturated rings. The molecule has 0 unspecified atom stereocenters. The van der Waals surface area contributed by atoms with Crippen LogP contribution in [0.25, 0.3) is 11.0 Å². The number of alkyl halides is 2. The van der Waals surface area contributed by atoms with Crippen molar-refractivity contribution in [2.75, 3.05) is 11.9 Å². The predicted octanol–water partition coefficient (Wildman–Crippen LogP) is 3.70. The van der Waals surface area contributed by atoms with E-state index < -0.39 is 25.1 Å². The summed E-state index contributed by atoms with van der Waals surface area (Å²) < 4.78 is 39.3. The summed E-state index contributed by atoms with van der Waals surface area (Å²) in [7, 11) is 0. The van der Waals surface area contributed by atoms with Crippen molar-refractivity contribution in [2.24, 2.45) is 0 Å². The Morgan fingerprint density at radius 1 is 1.14 bits per heavy atom. The third-order valence-electron chi connectivity index (χ3n) is 3.62. The molecular formula is C19H12F2N2O5. The van der Waals surface area contributed by atoms with Gasteiger partial charge in [-0.15, -0.1) is 0 Å². The van der Waals surface area contributed by atoms with Crippen LogP contribution in [0.3, 0.4) is 0 Å². The molecule has 3 aromatic rings. The average Bonchev–Trinajstić information content (AvgIpc) is 3.04. The molecule has 1 amide bonds. The van der Waals surface area contributed by atoms with Crippen LogP contribution in [0.15, 0.2) is 52.9 Å². The first-order chi connectivity index (χ1) is 13.5. The zero-order valence-electron chi connectivity index (χ0n) is 14.1. The van der Waals surface area contributed by atoms with E-state index >= 15 is 0 Å². The van der Waals surface area contributed by atoms with Crippen LogP contribution in [0.4, 0.5) is 14.5 Å². The SMILES string of the molecule is N#Cc1oc2ccccc2c1NC(=O)COC(=O)c1ccccc1OC(F)F. The highest BCUT2D eigenvalue weighted by Crippen LogP contribution is 2.30. The summed E-state index contributed by atoms with van der Waals surface area (Å²) in [5.74, 6) is -2.21. The van der Waals surface area contributed by atoms with Gasteiger partial charge in [-0.3, -0.25) is 4.79 Å². The molecule has 1 N–H and O–H groups in total. The summed E-state index contributed by atoms with van der Waals surface area (Å²) in [6, 6.07) is 13.8. The fourth-order valence-electron chi connectivity index (χ4n) is 2.47. The van der Waals surface area contributed by atoms with Crippen molar-refractivity contribution in [1.82, 2.24) is 0 Å². The van der Waals surface area contributed by atoms with Crippen molar-refractivity contribution >= 4 is 28.5 Å². The number of para-hydroxylation sites is 2. The number of carbonyl (C=O) groups is 2. The van der Waals surface area contributed by atoms with E-state index in [1.807, 2.05) is 6.07 Å². The first-order valence-corrected chi connectivity index (χ1v) is 7.92. The minimum Gasteiger partial charge on any atom is -0.452 e. The molecule has 0 bridgehead atoms. The quantitative estimate of drug-likeness (QED) is 0.648. The van der Waals surface area contributed by atoms with E-state index in [1.54, 1.807) is 24.3 Å². The van der Waals surface area contributed by atoms with E-state index in [0.29, 0.717) is 11.0 Å². The molecule has 0 aliphatic carbocycles. The molecule has 0 saturated carbocycles. The van der Waals surface area contributed by atoms with Crippen LogP contribution in [-0.2, 0) is 9.53 Å². The van der Waals surface area contributed by atoms with Crippen LogP contribution in [0.2, 0.25) is 0 Å². The zero-order chi connectivity index (χ0) is 20.1. The predicted molar refractivity (Wildman–Crippen MR) is 92.9 cm³/mol. The van der Waals surface area contributed by atoms with Crippen molar-refractivity contribution in [1.29, 1.82) is 5.26 Å². The third-order valence-corrected chi connectivity index (χ3v) is 3.62. The average molecular weight is 386 g/mol. The molecule has 3 rings (SSSR count). The Hall–Kier alpha value is -3.93. The van der Waals surface area contributed by atoms with Crippen LogP contribution >= 0.6 is 0 Å². The van der Waals surface area contributed by atoms with Gasteiger partial charge in [0.2, 0.25) is 5.76 Å². The minimum absolute atomic E-state index is 0.100. The largest absolute Gasteiger partial charge is 0.452 e. The number of rotatable bonds is 6. The summed E-state index contributed by atoms with van der Waals surface area (Å²) in [5, 5.41) is 12.1. The van der Waals surface area contributed by atoms with Gasteiger partial charge in [0, 0.05) is 5.39 Å². The number of ether oxygens (including phenoxy) is 2. The smallest absolute Gasteiger partial charge is 0.387 e. The fourth-order valence-corrected chi connectivity index (χ4v) is 2.47. The van der Waals surface area contributed by atoms with Gasteiger partial charge in [-0.05, 0) is 24.3 Å². The topological polar surface area (TPSA) is 102 Å². The molecule has 1 aromatic heterocycles. The number of amides is 1. The molecule has 0 aliphatic heterocycles. The first kappa shape index (κ1) is 18.8. The highest BCUT2D eigenvalue weighted by molar-refractivity contribution is 6.04. The number of hydrogen-bond acceptors (Lipinski definition) is 6. The van der Waals surface area contributed by atoms with Crippen molar-refractivity contribution in [3.05, 3.63) is 59.9 Å². The van der Waals surface area contributed by atoms with Gasteiger partial charge in [-0.25, -0.2) is 4.79 Å². The maximum Gasteiger partial charge on any atom is 0.387 e. The molecule has 1 heterocycles. The summed E-state index contributed by atoms with van der Waals surface area (Å²) >= 11 is 0. The maximum absolute atomic E-state index is 12.4. The number of nitriles is 1. The molecule has 0 atom stereocenters. The highest BCUT2D eigenvalue weighted by atomic mass is 19.3. The lowest BCUT2D eigenvalue weighted by Crippen LogP contribution is -2.21. The van der Waals surface area contributed by atoms with Gasteiger partial charge in [0.15, 0.2) is 6.61 Å². The number of halogens is 2. The minimum atomic E-state index is -3.11. The Bertz CT molecular complexity index is 1070. The number of hydrogen-bond donors (Lipinski definition) is 1. The maximum atomic E-state index is 12.4. The summed E-state index contributed by atoms with van der Waals surface area (Å²) in [6.45, 7) is -3.82. The van der Waals surface area contributed by atoms with Crippen molar-refractivity contribution < 1.29 is 32.3 Å². The molecule has 0 saturated heterocycles. The fraction of sp³-hybridized carbons (Fsp3) is 0.105. The van der Waals surface area contributed by atoms with Gasteiger partial charge in [-0.1, -0.05) is 24.3 Å². The normalized spacial score (nSPS) is 10.5. The van der Waals surface area contributed by atoms with E-state index in [1.165, 1.54) is 24.3 Å². The molecule has 9 heteroatoms. The van der Waals surface area contributed by atoms with E-state index in [2.05, 4.69) is 10.1 Å². The number of benzene rings is 2. The van der Waals surface area contributed by atoms with E-state index in [0.717, 1.165) is 0 Å². The van der Waals surface area contributed by atoms with Crippen LogP contribution < -0.4 is 10.1 Å². The van der Waals surface area contributed by atoms with Crippen LogP contribution in [-0.4, -0.2) is 25.1 Å². The second-order valence-corrected chi connectivity index (χ2v) is 5.41. The number of nitrogens with one attached hydrogen (secondary N) is 1. The number of furan rings is 1. The Morgan fingerprint density at radius 3 is 2.61 bits per heavy atom. The van der Waals surface area contributed by atoms with Crippen molar-refractivity contribution in [2.45, 2.75) is 6.61 Å². The van der Waals surface area contributed by atoms with Crippen molar-refractivity contribution in [3.63, 3.8) is 0 Å².